The molecule has 8 heteroatoms. The van der Waals surface area contributed by atoms with E-state index in [0.717, 1.165) is 13.4 Å². The number of hydrogen-bond acceptors (Lipinski definition) is 1. The summed E-state index contributed by atoms with van der Waals surface area (Å²) in [5.41, 5.74) is 0.663. The molecule has 1 N–H and O–H groups in total. The van der Waals surface area contributed by atoms with E-state index >= 15 is 0 Å². The number of amides is 1. The second-order valence-electron chi connectivity index (χ2n) is 2.70. The van der Waals surface area contributed by atoms with E-state index < -0.39 is 2.14 Å². The largest absolute Gasteiger partial charge is 0.321 e. The summed E-state index contributed by atoms with van der Waals surface area (Å²) in [6.07, 6.45) is 0. The molecule has 0 atom stereocenters. The van der Waals surface area contributed by atoms with E-state index in [1.807, 2.05) is 12.1 Å². The molecule has 16 heavy (non-hydrogen) atoms. The number of benzene rings is 1. The molecule has 1 aromatic rings. The summed E-state index contributed by atoms with van der Waals surface area (Å²) in [7, 11) is 0. The minimum absolute atomic E-state index is 0.267. The molecule has 2 nitrogen and oxygen atoms in total. The van der Waals surface area contributed by atoms with Gasteiger partial charge < -0.3 is 5.32 Å². The van der Waals surface area contributed by atoms with E-state index in [-0.39, 0.29) is 5.91 Å². The first kappa shape index (κ1) is 15.6. The monoisotopic (exact) mass is 603 g/mol. The summed E-state index contributed by atoms with van der Waals surface area (Å²) in [5, 5.41) is 2.75. The molecule has 88 valence electrons. The first-order chi connectivity index (χ1) is 7.21. The Labute approximate surface area is 143 Å². The lowest BCUT2D eigenvalue weighted by Gasteiger charge is -2.15. The lowest BCUT2D eigenvalue weighted by molar-refractivity contribution is -0.114. The molecule has 0 saturated heterocycles. The average molecular weight is 609 g/mol. The van der Waals surface area contributed by atoms with E-state index in [1.165, 1.54) is 0 Å². The molecule has 0 fully saturated rings. The number of nitrogens with one attached hydrogen (secondary N) is 1. The SMILES string of the molecule is O=C(Nc1c(Br)cc(Br)cc1Br)C(Br)(Br)Br. The Morgan fingerprint density at radius 1 is 1.06 bits per heavy atom. The quantitative estimate of drug-likeness (QED) is 0.405. The van der Waals surface area contributed by atoms with Gasteiger partial charge in [-0.3, -0.25) is 4.79 Å². The predicted octanol–water partition coefficient (Wildman–Crippen LogP) is 5.75. The Morgan fingerprint density at radius 2 is 1.50 bits per heavy atom. The van der Waals surface area contributed by atoms with E-state index in [2.05, 4.69) is 101 Å². The lowest BCUT2D eigenvalue weighted by atomic mass is 10.3. The summed E-state index contributed by atoms with van der Waals surface area (Å²) in [4.78, 5) is 11.7. The van der Waals surface area contributed by atoms with E-state index in [9.17, 15) is 4.79 Å². The maximum atomic E-state index is 11.7. The van der Waals surface area contributed by atoms with Gasteiger partial charge in [0.25, 0.3) is 5.91 Å². The molecule has 0 aliphatic heterocycles. The van der Waals surface area contributed by atoms with Gasteiger partial charge in [-0.15, -0.1) is 0 Å². The first-order valence-corrected chi connectivity index (χ1v) is 8.50. The van der Waals surface area contributed by atoms with Crippen molar-refractivity contribution in [1.29, 1.82) is 0 Å². The van der Waals surface area contributed by atoms with Crippen LogP contribution in [0.2, 0.25) is 0 Å². The lowest BCUT2D eigenvalue weighted by Crippen LogP contribution is -2.25. The van der Waals surface area contributed by atoms with Gasteiger partial charge in [-0.05, 0) is 91.8 Å². The fourth-order valence-electron chi connectivity index (χ4n) is 0.846. The van der Waals surface area contributed by atoms with Gasteiger partial charge in [-0.1, -0.05) is 15.9 Å². The van der Waals surface area contributed by atoms with Crippen molar-refractivity contribution in [3.63, 3.8) is 0 Å². The average Bonchev–Trinajstić information content (AvgIpc) is 2.08. The highest BCUT2D eigenvalue weighted by Gasteiger charge is 2.29. The van der Waals surface area contributed by atoms with Crippen LogP contribution in [0.1, 0.15) is 0 Å². The van der Waals surface area contributed by atoms with E-state index in [4.69, 9.17) is 0 Å². The van der Waals surface area contributed by atoms with Gasteiger partial charge in [0.1, 0.15) is 0 Å². The van der Waals surface area contributed by atoms with Crippen molar-refractivity contribution in [3.05, 3.63) is 25.6 Å². The summed E-state index contributed by atoms with van der Waals surface area (Å²) in [6, 6.07) is 3.69. The molecule has 0 unspecified atom stereocenters. The van der Waals surface area contributed by atoms with Crippen LogP contribution in [-0.4, -0.2) is 8.05 Å². The summed E-state index contributed by atoms with van der Waals surface area (Å²) in [5.74, 6) is -0.267. The Balaban J connectivity index is 3.03. The van der Waals surface area contributed by atoms with Crippen molar-refractivity contribution in [2.24, 2.45) is 0 Å². The zero-order valence-electron chi connectivity index (χ0n) is 7.33. The highest BCUT2D eigenvalue weighted by molar-refractivity contribution is 9.40. The van der Waals surface area contributed by atoms with Gasteiger partial charge in [0, 0.05) is 13.4 Å². The smallest absolute Gasteiger partial charge is 0.263 e. The van der Waals surface area contributed by atoms with Crippen LogP contribution < -0.4 is 5.32 Å². The molecule has 0 spiro atoms. The molecule has 0 radical (unpaired) electrons. The third-order valence-corrected chi connectivity index (χ3v) is 4.29. The summed E-state index contributed by atoms with van der Waals surface area (Å²) < 4.78 is 1.49. The van der Waals surface area contributed by atoms with Crippen LogP contribution in [0.15, 0.2) is 25.6 Å². The maximum Gasteiger partial charge on any atom is 0.263 e. The third kappa shape index (κ3) is 4.35. The molecular weight excluding hydrogens is 606 g/mol. The van der Waals surface area contributed by atoms with Crippen LogP contribution in [0.5, 0.6) is 0 Å². The summed E-state index contributed by atoms with van der Waals surface area (Å²) in [6.45, 7) is 0. The van der Waals surface area contributed by atoms with Gasteiger partial charge >= 0.3 is 0 Å². The van der Waals surface area contributed by atoms with Crippen molar-refractivity contribution in [1.82, 2.24) is 0 Å². The number of alkyl halides is 3. The highest BCUT2D eigenvalue weighted by Crippen LogP contribution is 2.38. The molecule has 0 bridgehead atoms. The van der Waals surface area contributed by atoms with E-state index in [1.54, 1.807) is 0 Å². The van der Waals surface area contributed by atoms with Crippen LogP contribution in [0.25, 0.3) is 0 Å². The van der Waals surface area contributed by atoms with Crippen molar-refractivity contribution >= 4 is 107 Å². The Kier molecular flexibility index (Phi) is 6.00. The molecule has 0 heterocycles. The van der Waals surface area contributed by atoms with Crippen molar-refractivity contribution in [2.45, 2.75) is 2.14 Å². The fraction of sp³-hybridized carbons (Fsp3) is 0.125. The maximum absolute atomic E-state index is 11.7. The molecule has 0 aromatic heterocycles. The molecule has 1 rings (SSSR count). The van der Waals surface area contributed by atoms with Gasteiger partial charge in [-0.25, -0.2) is 0 Å². The second-order valence-corrected chi connectivity index (χ2v) is 12.1. The van der Waals surface area contributed by atoms with Crippen molar-refractivity contribution < 1.29 is 4.79 Å². The number of rotatable bonds is 1. The number of hydrogen-bond donors (Lipinski definition) is 1. The van der Waals surface area contributed by atoms with Crippen LogP contribution >= 0.6 is 95.6 Å². The molecule has 0 aliphatic carbocycles. The minimum Gasteiger partial charge on any atom is -0.321 e. The molecular formula is C8H3Br6NO. The number of carbonyl (C=O) groups is 1. The normalized spacial score (nSPS) is 11.4. The number of carbonyl (C=O) groups excluding carboxylic acids is 1. The first-order valence-electron chi connectivity index (χ1n) is 3.74. The standard InChI is InChI=1S/C8H3Br6NO/c9-3-1-4(10)6(5(11)2-3)15-7(16)8(12,13)14/h1-2H,(H,15,16). The summed E-state index contributed by atoms with van der Waals surface area (Å²) >= 11 is 19.5. The van der Waals surface area contributed by atoms with Crippen molar-refractivity contribution in [3.8, 4) is 0 Å². The van der Waals surface area contributed by atoms with Gasteiger partial charge in [0.15, 0.2) is 0 Å². The van der Waals surface area contributed by atoms with Gasteiger partial charge in [-0.2, -0.15) is 0 Å². The van der Waals surface area contributed by atoms with Gasteiger partial charge in [0.05, 0.1) is 5.69 Å². The topological polar surface area (TPSA) is 29.1 Å². The van der Waals surface area contributed by atoms with Gasteiger partial charge in [0.2, 0.25) is 2.14 Å². The van der Waals surface area contributed by atoms with Crippen LogP contribution in [0, 0.1) is 0 Å². The van der Waals surface area contributed by atoms with Crippen LogP contribution in [0.4, 0.5) is 5.69 Å². The molecule has 0 saturated carbocycles. The molecule has 1 aromatic carbocycles. The fourth-order valence-corrected chi connectivity index (χ4v) is 3.60. The predicted molar refractivity (Wildman–Crippen MR) is 87.7 cm³/mol. The highest BCUT2D eigenvalue weighted by atomic mass is 80.0. The number of anilines is 1. The number of halogens is 6. The zero-order chi connectivity index (χ0) is 12.5. The Hall–Kier alpha value is 1.57. The Bertz CT molecular complexity index is 404. The minimum atomic E-state index is -0.973. The van der Waals surface area contributed by atoms with E-state index in [0.29, 0.717) is 5.69 Å². The zero-order valence-corrected chi connectivity index (χ0v) is 16.8. The van der Waals surface area contributed by atoms with Crippen LogP contribution in [0.3, 0.4) is 0 Å². The molecule has 0 aliphatic rings. The third-order valence-electron chi connectivity index (χ3n) is 1.50. The molecule has 1 amide bonds. The Morgan fingerprint density at radius 3 is 1.88 bits per heavy atom. The van der Waals surface area contributed by atoms with Crippen LogP contribution in [-0.2, 0) is 4.79 Å². The van der Waals surface area contributed by atoms with Crippen molar-refractivity contribution in [2.75, 3.05) is 5.32 Å². The second kappa shape index (κ2) is 6.14.